The van der Waals surface area contributed by atoms with Crippen LogP contribution in [0.3, 0.4) is 0 Å². The van der Waals surface area contributed by atoms with Crippen molar-refractivity contribution in [3.8, 4) is 0 Å². The minimum absolute atomic E-state index is 0.0158. The van der Waals surface area contributed by atoms with Crippen LogP contribution in [0.1, 0.15) is 24.1 Å². The number of rotatable bonds is 3. The highest BCUT2D eigenvalue weighted by molar-refractivity contribution is 7.98. The third kappa shape index (κ3) is 2.81. The Morgan fingerprint density at radius 3 is 3.23 bits per heavy atom. The Labute approximate surface area is 159 Å². The average Bonchev–Trinajstić information content (AvgIpc) is 3.31. The molecule has 0 N–H and O–H groups in total. The molecule has 26 heavy (non-hydrogen) atoms. The molecule has 0 spiro atoms. The van der Waals surface area contributed by atoms with E-state index in [1.165, 1.54) is 0 Å². The molecule has 1 unspecified atom stereocenters. The van der Waals surface area contributed by atoms with E-state index < -0.39 is 0 Å². The van der Waals surface area contributed by atoms with Crippen molar-refractivity contribution >= 4 is 39.1 Å². The normalized spacial score (nSPS) is 19.8. The Hall–Kier alpha value is -1.93. The SMILES string of the molecule is O=c1cc2c(nn1CC1CCCN1c1ncnc3ccsc13)CCSC2. The van der Waals surface area contributed by atoms with Crippen molar-refractivity contribution in [2.45, 2.75) is 37.6 Å². The van der Waals surface area contributed by atoms with Gasteiger partial charge in [-0.3, -0.25) is 4.79 Å². The molecule has 2 aliphatic heterocycles. The monoisotopic (exact) mass is 385 g/mol. The summed E-state index contributed by atoms with van der Waals surface area (Å²) in [5.74, 6) is 2.99. The third-order valence-corrected chi connectivity index (χ3v) is 7.07. The first-order chi connectivity index (χ1) is 12.8. The first-order valence-corrected chi connectivity index (χ1v) is 11.0. The fourth-order valence-corrected chi connectivity index (χ4v) is 5.67. The van der Waals surface area contributed by atoms with Crippen LogP contribution in [0, 0.1) is 0 Å². The van der Waals surface area contributed by atoms with Gasteiger partial charge >= 0.3 is 0 Å². The third-order valence-electron chi connectivity index (χ3n) is 5.16. The second-order valence-electron chi connectivity index (χ2n) is 6.76. The van der Waals surface area contributed by atoms with Gasteiger partial charge in [-0.25, -0.2) is 14.6 Å². The zero-order valence-corrected chi connectivity index (χ0v) is 15.9. The van der Waals surface area contributed by atoms with Gasteiger partial charge in [0.1, 0.15) is 12.1 Å². The average molecular weight is 386 g/mol. The van der Waals surface area contributed by atoms with Gasteiger partial charge in [0.05, 0.1) is 28.5 Å². The van der Waals surface area contributed by atoms with E-state index in [-0.39, 0.29) is 11.6 Å². The lowest BCUT2D eigenvalue weighted by Gasteiger charge is -2.26. The Morgan fingerprint density at radius 1 is 1.31 bits per heavy atom. The highest BCUT2D eigenvalue weighted by Gasteiger charge is 2.28. The molecule has 6 nitrogen and oxygen atoms in total. The molecule has 0 bridgehead atoms. The molecule has 0 aromatic carbocycles. The predicted molar refractivity (Wildman–Crippen MR) is 106 cm³/mol. The molecule has 5 heterocycles. The molecule has 1 fully saturated rings. The molecule has 1 saturated heterocycles. The van der Waals surface area contributed by atoms with Crippen LogP contribution >= 0.6 is 23.1 Å². The number of nitrogens with zero attached hydrogens (tertiary/aromatic N) is 5. The smallest absolute Gasteiger partial charge is 0.267 e. The number of fused-ring (bicyclic) bond motifs is 2. The van der Waals surface area contributed by atoms with Crippen LogP contribution in [0.2, 0.25) is 0 Å². The number of thioether (sulfide) groups is 1. The van der Waals surface area contributed by atoms with Gasteiger partial charge in [-0.15, -0.1) is 11.3 Å². The Morgan fingerprint density at radius 2 is 2.27 bits per heavy atom. The summed E-state index contributed by atoms with van der Waals surface area (Å²) in [6, 6.07) is 4.07. The number of anilines is 1. The molecule has 3 aromatic rings. The summed E-state index contributed by atoms with van der Waals surface area (Å²) in [5, 5.41) is 6.75. The standard InChI is InChI=1S/C18H19N5OS2/c24-16-8-12-10-25-6-3-14(12)21-23(16)9-13-2-1-5-22(13)18-17-15(4-7-26-17)19-11-20-18/h4,7-8,11,13H,1-3,5-6,9-10H2. The summed E-state index contributed by atoms with van der Waals surface area (Å²) in [4.78, 5) is 23.8. The van der Waals surface area contributed by atoms with Gasteiger partial charge in [0, 0.05) is 24.8 Å². The number of thiophene rings is 1. The molecule has 0 saturated carbocycles. The van der Waals surface area contributed by atoms with Gasteiger partial charge in [-0.05, 0) is 35.6 Å². The minimum Gasteiger partial charge on any atom is -0.350 e. The van der Waals surface area contributed by atoms with E-state index in [4.69, 9.17) is 5.10 Å². The molecule has 134 valence electrons. The van der Waals surface area contributed by atoms with E-state index in [1.54, 1.807) is 28.4 Å². The second-order valence-corrected chi connectivity index (χ2v) is 8.78. The van der Waals surface area contributed by atoms with E-state index in [9.17, 15) is 4.79 Å². The fourth-order valence-electron chi connectivity index (χ4n) is 3.87. The highest BCUT2D eigenvalue weighted by atomic mass is 32.2. The predicted octanol–water partition coefficient (Wildman–Crippen LogP) is 2.71. The molecule has 0 radical (unpaired) electrons. The molecule has 3 aromatic heterocycles. The first-order valence-electron chi connectivity index (χ1n) is 8.92. The van der Waals surface area contributed by atoms with Crippen LogP contribution in [0.15, 0.2) is 28.6 Å². The van der Waals surface area contributed by atoms with Crippen molar-refractivity contribution in [1.82, 2.24) is 19.7 Å². The van der Waals surface area contributed by atoms with Crippen LogP contribution < -0.4 is 10.5 Å². The van der Waals surface area contributed by atoms with E-state index in [0.717, 1.165) is 64.6 Å². The Balaban J connectivity index is 1.47. The van der Waals surface area contributed by atoms with Crippen molar-refractivity contribution in [1.29, 1.82) is 0 Å². The van der Waals surface area contributed by atoms with Gasteiger partial charge in [0.15, 0.2) is 0 Å². The topological polar surface area (TPSA) is 63.9 Å². The molecular formula is C18H19N5OS2. The fraction of sp³-hybridized carbons (Fsp3) is 0.444. The van der Waals surface area contributed by atoms with E-state index >= 15 is 0 Å². The van der Waals surface area contributed by atoms with Gasteiger partial charge in [0.2, 0.25) is 0 Å². The zero-order chi connectivity index (χ0) is 17.5. The molecule has 8 heteroatoms. The summed E-state index contributed by atoms with van der Waals surface area (Å²) in [5.41, 5.74) is 3.21. The van der Waals surface area contributed by atoms with E-state index in [1.807, 2.05) is 17.8 Å². The van der Waals surface area contributed by atoms with Gasteiger partial charge in [-0.2, -0.15) is 16.9 Å². The molecule has 2 aliphatic rings. The highest BCUT2D eigenvalue weighted by Crippen LogP contribution is 2.33. The van der Waals surface area contributed by atoms with Gasteiger partial charge in [0.25, 0.3) is 5.56 Å². The van der Waals surface area contributed by atoms with Crippen molar-refractivity contribution in [2.75, 3.05) is 17.2 Å². The van der Waals surface area contributed by atoms with Crippen LogP contribution in [-0.4, -0.2) is 38.1 Å². The second kappa shape index (κ2) is 6.66. The van der Waals surface area contributed by atoms with E-state index in [0.29, 0.717) is 6.54 Å². The summed E-state index contributed by atoms with van der Waals surface area (Å²) >= 11 is 3.55. The maximum atomic E-state index is 12.5. The van der Waals surface area contributed by atoms with Gasteiger partial charge in [-0.1, -0.05) is 0 Å². The number of aryl methyl sites for hydroxylation is 1. The van der Waals surface area contributed by atoms with Crippen LogP contribution in [-0.2, 0) is 18.7 Å². The summed E-state index contributed by atoms with van der Waals surface area (Å²) < 4.78 is 2.80. The molecular weight excluding hydrogens is 366 g/mol. The number of hydrogen-bond acceptors (Lipinski definition) is 7. The maximum Gasteiger partial charge on any atom is 0.267 e. The van der Waals surface area contributed by atoms with Gasteiger partial charge < -0.3 is 4.90 Å². The Bertz CT molecular complexity index is 1010. The molecule has 1 atom stereocenters. The molecule has 0 aliphatic carbocycles. The maximum absolute atomic E-state index is 12.5. The van der Waals surface area contributed by atoms with Crippen LogP contribution in [0.5, 0.6) is 0 Å². The van der Waals surface area contributed by atoms with Crippen molar-refractivity contribution in [3.63, 3.8) is 0 Å². The van der Waals surface area contributed by atoms with E-state index in [2.05, 4.69) is 20.2 Å². The largest absolute Gasteiger partial charge is 0.350 e. The zero-order valence-electron chi connectivity index (χ0n) is 14.3. The van der Waals surface area contributed by atoms with Crippen molar-refractivity contribution < 1.29 is 0 Å². The number of aromatic nitrogens is 4. The lowest BCUT2D eigenvalue weighted by atomic mass is 10.2. The first kappa shape index (κ1) is 16.3. The quantitative estimate of drug-likeness (QED) is 0.691. The molecule has 5 rings (SSSR count). The summed E-state index contributed by atoms with van der Waals surface area (Å²) in [6.07, 6.45) is 4.76. The minimum atomic E-state index is 0.0158. The lowest BCUT2D eigenvalue weighted by Crippen LogP contribution is -2.38. The summed E-state index contributed by atoms with van der Waals surface area (Å²) in [7, 11) is 0. The molecule has 0 amide bonds. The van der Waals surface area contributed by atoms with Crippen LogP contribution in [0.4, 0.5) is 5.82 Å². The number of hydrogen-bond donors (Lipinski definition) is 0. The van der Waals surface area contributed by atoms with Crippen LogP contribution in [0.25, 0.3) is 10.2 Å². The van der Waals surface area contributed by atoms with Crippen molar-refractivity contribution in [2.24, 2.45) is 0 Å². The van der Waals surface area contributed by atoms with Crippen molar-refractivity contribution in [3.05, 3.63) is 45.5 Å². The summed E-state index contributed by atoms with van der Waals surface area (Å²) in [6.45, 7) is 1.58. The lowest BCUT2D eigenvalue weighted by molar-refractivity contribution is 0.480. The Kier molecular flexibility index (Phi) is 4.17.